The average molecular weight is 306 g/mol. The third kappa shape index (κ3) is 2.92. The molecule has 2 atom stereocenters. The van der Waals surface area contributed by atoms with Crippen molar-refractivity contribution >= 4 is 0 Å². The molecule has 1 N–H and O–H groups in total. The minimum Gasteiger partial charge on any atom is -0.396 e. The zero-order chi connectivity index (χ0) is 15.7. The fraction of sp³-hybridized carbons (Fsp3) is 0.667. The molecule has 4 heteroatoms. The van der Waals surface area contributed by atoms with E-state index in [9.17, 15) is 9.50 Å². The molecule has 0 unspecified atom stereocenters. The van der Waals surface area contributed by atoms with Crippen molar-refractivity contribution in [1.82, 2.24) is 9.80 Å². The number of benzene rings is 1. The molecule has 22 heavy (non-hydrogen) atoms. The van der Waals surface area contributed by atoms with E-state index in [2.05, 4.69) is 16.8 Å². The van der Waals surface area contributed by atoms with E-state index in [1.165, 1.54) is 6.42 Å². The summed E-state index contributed by atoms with van der Waals surface area (Å²) in [6, 6.07) is 5.72. The lowest BCUT2D eigenvalue weighted by Gasteiger charge is -2.53. The molecule has 2 aliphatic heterocycles. The minimum absolute atomic E-state index is 0.0502. The number of rotatable bonds is 3. The first-order chi connectivity index (χ1) is 10.5. The van der Waals surface area contributed by atoms with Crippen LogP contribution in [0.3, 0.4) is 0 Å². The molecule has 0 spiro atoms. The van der Waals surface area contributed by atoms with Crippen molar-refractivity contribution < 1.29 is 9.50 Å². The summed E-state index contributed by atoms with van der Waals surface area (Å²) in [7, 11) is 2.16. The monoisotopic (exact) mass is 306 g/mol. The molecule has 0 radical (unpaired) electrons. The highest BCUT2D eigenvalue weighted by molar-refractivity contribution is 5.24. The van der Waals surface area contributed by atoms with Gasteiger partial charge in [0.15, 0.2) is 0 Å². The smallest absolute Gasteiger partial charge is 0.127 e. The highest BCUT2D eigenvalue weighted by Gasteiger charge is 2.46. The maximum Gasteiger partial charge on any atom is 0.127 e. The summed E-state index contributed by atoms with van der Waals surface area (Å²) in [5.74, 6) is -0.110. The molecule has 3 rings (SSSR count). The topological polar surface area (TPSA) is 26.7 Å². The van der Waals surface area contributed by atoms with E-state index in [-0.39, 0.29) is 17.8 Å². The van der Waals surface area contributed by atoms with E-state index in [0.29, 0.717) is 12.6 Å². The number of likely N-dealkylation sites (N-methyl/N-ethyl adjacent to an activating group) is 1. The van der Waals surface area contributed by atoms with Gasteiger partial charge >= 0.3 is 0 Å². The Bertz CT molecular complexity index is 536. The number of piperidine rings is 2. The molecule has 1 aromatic carbocycles. The second-order valence-corrected chi connectivity index (χ2v) is 7.20. The molecular weight excluding hydrogens is 279 g/mol. The van der Waals surface area contributed by atoms with Crippen molar-refractivity contribution in [2.45, 2.75) is 38.8 Å². The summed E-state index contributed by atoms with van der Waals surface area (Å²) in [6.07, 6.45) is 3.29. The predicted octanol–water partition coefficient (Wildman–Crippen LogP) is 2.41. The van der Waals surface area contributed by atoms with Crippen LogP contribution < -0.4 is 0 Å². The molecule has 0 aliphatic carbocycles. The Hall–Kier alpha value is -0.970. The normalized spacial score (nSPS) is 30.3. The summed E-state index contributed by atoms with van der Waals surface area (Å²) < 4.78 is 14.0. The first-order valence-electron chi connectivity index (χ1n) is 8.32. The molecule has 0 aromatic heterocycles. The van der Waals surface area contributed by atoms with E-state index in [4.69, 9.17) is 0 Å². The van der Waals surface area contributed by atoms with E-state index >= 15 is 0 Å². The minimum atomic E-state index is -0.110. The van der Waals surface area contributed by atoms with Crippen LogP contribution in [-0.4, -0.2) is 54.2 Å². The van der Waals surface area contributed by atoms with Gasteiger partial charge < -0.3 is 10.0 Å². The third-order valence-corrected chi connectivity index (χ3v) is 5.69. The Morgan fingerprint density at radius 2 is 2.14 bits per heavy atom. The number of likely N-dealkylation sites (tertiary alicyclic amines) is 2. The fourth-order valence-electron chi connectivity index (χ4n) is 4.28. The van der Waals surface area contributed by atoms with E-state index < -0.39 is 0 Å². The second kappa shape index (κ2) is 6.26. The van der Waals surface area contributed by atoms with Gasteiger partial charge in [0, 0.05) is 30.1 Å². The van der Waals surface area contributed by atoms with Crippen LogP contribution >= 0.6 is 0 Å². The Labute approximate surface area is 132 Å². The third-order valence-electron chi connectivity index (χ3n) is 5.69. The zero-order valence-corrected chi connectivity index (χ0v) is 13.7. The Kier molecular flexibility index (Phi) is 4.53. The van der Waals surface area contributed by atoms with Gasteiger partial charge in [-0.2, -0.15) is 0 Å². The standard InChI is InChI=1S/C18H27FN2O/c1-14-4-5-16(19)15(10-14)11-21-9-7-18(13-22)6-3-8-20(2)17(18)12-21/h4-5,10,17,22H,3,6-9,11-13H2,1-2H3/t17-,18-/m1/s1. The molecule has 2 aliphatic rings. The van der Waals surface area contributed by atoms with Crippen LogP contribution in [0.2, 0.25) is 0 Å². The highest BCUT2D eigenvalue weighted by atomic mass is 19.1. The van der Waals surface area contributed by atoms with Crippen LogP contribution in [0.25, 0.3) is 0 Å². The average Bonchev–Trinajstić information content (AvgIpc) is 2.52. The molecule has 0 saturated carbocycles. The molecule has 1 aromatic rings. The summed E-state index contributed by atoms with van der Waals surface area (Å²) in [5.41, 5.74) is 1.94. The van der Waals surface area contributed by atoms with Crippen molar-refractivity contribution in [2.24, 2.45) is 5.41 Å². The van der Waals surface area contributed by atoms with Crippen molar-refractivity contribution in [3.63, 3.8) is 0 Å². The van der Waals surface area contributed by atoms with E-state index in [1.807, 2.05) is 19.1 Å². The molecule has 122 valence electrons. The van der Waals surface area contributed by atoms with Crippen LogP contribution in [0.1, 0.15) is 30.4 Å². The maximum atomic E-state index is 14.0. The quantitative estimate of drug-likeness (QED) is 0.929. The summed E-state index contributed by atoms with van der Waals surface area (Å²) >= 11 is 0. The lowest BCUT2D eigenvalue weighted by atomic mass is 9.69. The molecular formula is C18H27FN2O. The number of hydrogen-bond acceptors (Lipinski definition) is 3. The van der Waals surface area contributed by atoms with Crippen molar-refractivity contribution in [2.75, 3.05) is 33.3 Å². The lowest BCUT2D eigenvalue weighted by molar-refractivity contribution is -0.0686. The van der Waals surface area contributed by atoms with Crippen LogP contribution in [0.4, 0.5) is 4.39 Å². The number of hydrogen-bond donors (Lipinski definition) is 1. The van der Waals surface area contributed by atoms with Crippen LogP contribution in [-0.2, 0) is 6.54 Å². The Morgan fingerprint density at radius 3 is 2.91 bits per heavy atom. The predicted molar refractivity (Wildman–Crippen MR) is 86.2 cm³/mol. The number of aliphatic hydroxyl groups is 1. The molecule has 2 saturated heterocycles. The van der Waals surface area contributed by atoms with Crippen molar-refractivity contribution in [3.8, 4) is 0 Å². The summed E-state index contributed by atoms with van der Waals surface area (Å²) in [4.78, 5) is 4.73. The van der Waals surface area contributed by atoms with Crippen LogP contribution in [0.5, 0.6) is 0 Å². The number of aliphatic hydroxyl groups excluding tert-OH is 1. The van der Waals surface area contributed by atoms with Crippen LogP contribution in [0.15, 0.2) is 18.2 Å². The molecule has 3 nitrogen and oxygen atoms in total. The fourth-order valence-corrected chi connectivity index (χ4v) is 4.28. The number of halogens is 1. The van der Waals surface area contributed by atoms with Crippen molar-refractivity contribution in [1.29, 1.82) is 0 Å². The zero-order valence-electron chi connectivity index (χ0n) is 13.7. The van der Waals surface area contributed by atoms with Gasteiger partial charge in [-0.3, -0.25) is 4.90 Å². The van der Waals surface area contributed by atoms with Gasteiger partial charge in [0.1, 0.15) is 5.82 Å². The SMILES string of the molecule is Cc1ccc(F)c(CN2CC[C@@]3(CO)CCCN(C)[C@@H]3C2)c1. The van der Waals surface area contributed by atoms with Gasteiger partial charge in [0.25, 0.3) is 0 Å². The molecule has 0 bridgehead atoms. The second-order valence-electron chi connectivity index (χ2n) is 7.20. The number of fused-ring (bicyclic) bond motifs is 1. The molecule has 2 fully saturated rings. The highest BCUT2D eigenvalue weighted by Crippen LogP contribution is 2.41. The number of nitrogens with zero attached hydrogens (tertiary/aromatic N) is 2. The summed E-state index contributed by atoms with van der Waals surface area (Å²) in [5, 5.41) is 9.95. The van der Waals surface area contributed by atoms with Gasteiger partial charge in [-0.25, -0.2) is 4.39 Å². The molecule has 2 heterocycles. The van der Waals surface area contributed by atoms with E-state index in [0.717, 1.165) is 43.6 Å². The maximum absolute atomic E-state index is 14.0. The summed E-state index contributed by atoms with van der Waals surface area (Å²) in [6.45, 7) is 5.90. The van der Waals surface area contributed by atoms with Gasteiger partial charge in [0.2, 0.25) is 0 Å². The first-order valence-corrected chi connectivity index (χ1v) is 8.32. The largest absolute Gasteiger partial charge is 0.396 e. The Balaban J connectivity index is 1.74. The van der Waals surface area contributed by atoms with Crippen LogP contribution in [0, 0.1) is 18.2 Å². The molecule has 0 amide bonds. The number of aryl methyl sites for hydroxylation is 1. The Morgan fingerprint density at radius 1 is 1.32 bits per heavy atom. The van der Waals surface area contributed by atoms with Gasteiger partial charge in [0.05, 0.1) is 6.61 Å². The lowest BCUT2D eigenvalue weighted by Crippen LogP contribution is -2.61. The van der Waals surface area contributed by atoms with Gasteiger partial charge in [-0.05, 0) is 52.4 Å². The van der Waals surface area contributed by atoms with Crippen molar-refractivity contribution in [3.05, 3.63) is 35.1 Å². The van der Waals surface area contributed by atoms with E-state index in [1.54, 1.807) is 6.07 Å². The first kappa shape index (κ1) is 15.9. The van der Waals surface area contributed by atoms with Gasteiger partial charge in [-0.1, -0.05) is 17.7 Å². The van der Waals surface area contributed by atoms with Gasteiger partial charge in [-0.15, -0.1) is 0 Å².